The molecule has 3 heteroatoms. The van der Waals surface area contributed by atoms with Gasteiger partial charge in [0.2, 0.25) is 0 Å². The molecule has 1 aliphatic heterocycles. The predicted molar refractivity (Wildman–Crippen MR) is 49.5 cm³/mol. The Labute approximate surface area is 79.2 Å². The molecule has 0 unspecified atom stereocenters. The van der Waals surface area contributed by atoms with Crippen LogP contribution in [0.25, 0.3) is 0 Å². The predicted octanol–water partition coefficient (Wildman–Crippen LogP) is 2.55. The maximum Gasteiger partial charge on any atom is 0.173 e. The Morgan fingerprint density at radius 1 is 1.58 bits per heavy atom. The van der Waals surface area contributed by atoms with E-state index in [2.05, 4.69) is 6.92 Å². The topological polar surface area (TPSA) is 18.5 Å². The molecule has 1 aliphatic rings. The Kier molecular flexibility index (Phi) is 4.96. The van der Waals surface area contributed by atoms with Crippen molar-refractivity contribution >= 4 is 11.6 Å². The van der Waals surface area contributed by atoms with Crippen LogP contribution < -0.4 is 0 Å². The minimum atomic E-state index is -0.160. The van der Waals surface area contributed by atoms with Crippen LogP contribution in [0.1, 0.15) is 32.6 Å². The van der Waals surface area contributed by atoms with Crippen LogP contribution in [0.15, 0.2) is 0 Å². The van der Waals surface area contributed by atoms with Crippen molar-refractivity contribution in [3.63, 3.8) is 0 Å². The molecule has 0 aliphatic carbocycles. The van der Waals surface area contributed by atoms with Crippen molar-refractivity contribution in [2.75, 3.05) is 13.2 Å². The SMILES string of the molecule is CCCCO[C@H]1OCCC[C@@H]1Cl. The van der Waals surface area contributed by atoms with Gasteiger partial charge in [0.25, 0.3) is 0 Å². The number of halogens is 1. The van der Waals surface area contributed by atoms with Crippen molar-refractivity contribution in [1.82, 2.24) is 0 Å². The molecule has 1 saturated heterocycles. The summed E-state index contributed by atoms with van der Waals surface area (Å²) in [7, 11) is 0. The Balaban J connectivity index is 2.11. The first kappa shape index (κ1) is 10.3. The average molecular weight is 193 g/mol. The highest BCUT2D eigenvalue weighted by atomic mass is 35.5. The van der Waals surface area contributed by atoms with Crippen LogP contribution in [0, 0.1) is 0 Å². The highest BCUT2D eigenvalue weighted by Gasteiger charge is 2.23. The van der Waals surface area contributed by atoms with Crippen LogP contribution in [0.4, 0.5) is 0 Å². The monoisotopic (exact) mass is 192 g/mol. The highest BCUT2D eigenvalue weighted by Crippen LogP contribution is 2.20. The number of hydrogen-bond donors (Lipinski definition) is 0. The number of unbranched alkanes of at least 4 members (excludes halogenated alkanes) is 1. The summed E-state index contributed by atoms with van der Waals surface area (Å²) in [4.78, 5) is 0. The molecule has 0 aromatic rings. The molecule has 0 amide bonds. The number of hydrogen-bond acceptors (Lipinski definition) is 2. The van der Waals surface area contributed by atoms with E-state index in [0.29, 0.717) is 0 Å². The fraction of sp³-hybridized carbons (Fsp3) is 1.00. The van der Waals surface area contributed by atoms with Crippen molar-refractivity contribution in [2.45, 2.75) is 44.3 Å². The van der Waals surface area contributed by atoms with Gasteiger partial charge in [0.05, 0.1) is 5.38 Å². The summed E-state index contributed by atoms with van der Waals surface area (Å²) in [6, 6.07) is 0. The van der Waals surface area contributed by atoms with Gasteiger partial charge < -0.3 is 9.47 Å². The van der Waals surface area contributed by atoms with Crippen molar-refractivity contribution in [3.05, 3.63) is 0 Å². The number of rotatable bonds is 4. The van der Waals surface area contributed by atoms with Crippen LogP contribution in [0.2, 0.25) is 0 Å². The van der Waals surface area contributed by atoms with Gasteiger partial charge in [-0.1, -0.05) is 13.3 Å². The maximum atomic E-state index is 6.01. The number of alkyl halides is 1. The number of ether oxygens (including phenoxy) is 2. The van der Waals surface area contributed by atoms with Crippen LogP contribution in [-0.2, 0) is 9.47 Å². The van der Waals surface area contributed by atoms with Crippen LogP contribution in [0.3, 0.4) is 0 Å². The third-order valence-electron chi connectivity index (χ3n) is 1.98. The zero-order valence-electron chi connectivity index (χ0n) is 7.59. The fourth-order valence-electron chi connectivity index (χ4n) is 1.21. The molecule has 0 saturated carbocycles. The smallest absolute Gasteiger partial charge is 0.173 e. The van der Waals surface area contributed by atoms with E-state index in [1.165, 1.54) is 0 Å². The van der Waals surface area contributed by atoms with E-state index in [1.807, 2.05) is 0 Å². The Morgan fingerprint density at radius 3 is 3.08 bits per heavy atom. The second kappa shape index (κ2) is 5.79. The fourth-order valence-corrected chi connectivity index (χ4v) is 1.51. The molecule has 12 heavy (non-hydrogen) atoms. The van der Waals surface area contributed by atoms with Crippen LogP contribution in [0.5, 0.6) is 0 Å². The average Bonchev–Trinajstić information content (AvgIpc) is 2.09. The molecular weight excluding hydrogens is 176 g/mol. The lowest BCUT2D eigenvalue weighted by molar-refractivity contribution is -0.159. The quantitative estimate of drug-likeness (QED) is 0.504. The molecule has 0 spiro atoms. The maximum absolute atomic E-state index is 6.01. The third-order valence-corrected chi connectivity index (χ3v) is 2.41. The molecule has 1 rings (SSSR count). The first-order chi connectivity index (χ1) is 5.84. The van der Waals surface area contributed by atoms with Crippen molar-refractivity contribution < 1.29 is 9.47 Å². The molecule has 2 nitrogen and oxygen atoms in total. The van der Waals surface area contributed by atoms with E-state index in [-0.39, 0.29) is 11.7 Å². The van der Waals surface area contributed by atoms with E-state index >= 15 is 0 Å². The van der Waals surface area contributed by atoms with Gasteiger partial charge in [0.1, 0.15) is 0 Å². The van der Waals surface area contributed by atoms with E-state index in [0.717, 1.165) is 38.9 Å². The van der Waals surface area contributed by atoms with Crippen LogP contribution in [-0.4, -0.2) is 24.9 Å². The molecule has 0 radical (unpaired) electrons. The summed E-state index contributed by atoms with van der Waals surface area (Å²) in [5.41, 5.74) is 0. The van der Waals surface area contributed by atoms with Crippen molar-refractivity contribution in [1.29, 1.82) is 0 Å². The molecule has 2 atom stereocenters. The molecule has 0 aromatic heterocycles. The largest absolute Gasteiger partial charge is 0.351 e. The van der Waals surface area contributed by atoms with E-state index in [9.17, 15) is 0 Å². The van der Waals surface area contributed by atoms with Gasteiger partial charge in [-0.2, -0.15) is 0 Å². The molecule has 0 bridgehead atoms. The Bertz CT molecular complexity index is 119. The van der Waals surface area contributed by atoms with Crippen molar-refractivity contribution in [2.24, 2.45) is 0 Å². The van der Waals surface area contributed by atoms with Crippen LogP contribution >= 0.6 is 11.6 Å². The molecular formula is C9H17ClO2. The summed E-state index contributed by atoms with van der Waals surface area (Å²) < 4.78 is 10.9. The van der Waals surface area contributed by atoms with Crippen molar-refractivity contribution in [3.8, 4) is 0 Å². The Hall–Kier alpha value is 0.210. The van der Waals surface area contributed by atoms with Gasteiger partial charge in [-0.15, -0.1) is 11.6 Å². The molecule has 0 aromatic carbocycles. The molecule has 1 fully saturated rings. The van der Waals surface area contributed by atoms with Gasteiger partial charge in [-0.25, -0.2) is 0 Å². The standard InChI is InChI=1S/C9H17ClO2/c1-2-3-6-11-9-8(10)5-4-7-12-9/h8-9H,2-7H2,1H3/t8-,9-/m0/s1. The van der Waals surface area contributed by atoms with E-state index < -0.39 is 0 Å². The Morgan fingerprint density at radius 2 is 2.42 bits per heavy atom. The summed E-state index contributed by atoms with van der Waals surface area (Å²) in [5.74, 6) is 0. The second-order valence-corrected chi connectivity index (χ2v) is 3.68. The first-order valence-electron chi connectivity index (χ1n) is 4.72. The summed E-state index contributed by atoms with van der Waals surface area (Å²) in [6.07, 6.45) is 4.15. The first-order valence-corrected chi connectivity index (χ1v) is 5.15. The molecule has 72 valence electrons. The van der Waals surface area contributed by atoms with Gasteiger partial charge >= 0.3 is 0 Å². The lowest BCUT2D eigenvalue weighted by atomic mass is 10.2. The third kappa shape index (κ3) is 3.30. The van der Waals surface area contributed by atoms with E-state index in [4.69, 9.17) is 21.1 Å². The molecule has 1 heterocycles. The summed E-state index contributed by atoms with van der Waals surface area (Å²) in [5, 5.41) is 0.0515. The summed E-state index contributed by atoms with van der Waals surface area (Å²) >= 11 is 6.01. The lowest BCUT2D eigenvalue weighted by Crippen LogP contribution is -2.32. The van der Waals surface area contributed by atoms with Gasteiger partial charge in [0, 0.05) is 13.2 Å². The lowest BCUT2D eigenvalue weighted by Gasteiger charge is -2.27. The summed E-state index contributed by atoms with van der Waals surface area (Å²) in [6.45, 7) is 3.70. The minimum Gasteiger partial charge on any atom is -0.351 e. The minimum absolute atomic E-state index is 0.0515. The zero-order valence-corrected chi connectivity index (χ0v) is 8.35. The zero-order chi connectivity index (χ0) is 8.81. The second-order valence-electron chi connectivity index (χ2n) is 3.12. The van der Waals surface area contributed by atoms with E-state index in [1.54, 1.807) is 0 Å². The van der Waals surface area contributed by atoms with Gasteiger partial charge in [0.15, 0.2) is 6.29 Å². The highest BCUT2D eigenvalue weighted by molar-refractivity contribution is 6.20. The molecule has 0 N–H and O–H groups in total. The normalized spacial score (nSPS) is 30.5. The van der Waals surface area contributed by atoms with Gasteiger partial charge in [-0.3, -0.25) is 0 Å². The van der Waals surface area contributed by atoms with Gasteiger partial charge in [-0.05, 0) is 19.3 Å².